The molecule has 0 unspecified atom stereocenters. The van der Waals surface area contributed by atoms with Gasteiger partial charge in [0.05, 0.1) is 0 Å². The summed E-state index contributed by atoms with van der Waals surface area (Å²) in [5.41, 5.74) is 0. The summed E-state index contributed by atoms with van der Waals surface area (Å²) in [5.74, 6) is 0.0272. The predicted molar refractivity (Wildman–Crippen MR) is 60.3 cm³/mol. The Morgan fingerprint density at radius 1 is 1.07 bits per heavy atom. The van der Waals surface area contributed by atoms with Crippen LogP contribution in [0.25, 0.3) is 0 Å². The van der Waals surface area contributed by atoms with Crippen molar-refractivity contribution < 1.29 is 4.79 Å². The van der Waals surface area contributed by atoms with Crippen LogP contribution in [0, 0.1) is 5.92 Å². The van der Waals surface area contributed by atoms with E-state index in [9.17, 15) is 4.79 Å². The molecule has 0 amide bonds. The number of allylic oxidation sites excluding steroid dienone is 4. The van der Waals surface area contributed by atoms with Gasteiger partial charge in [-0.2, -0.15) is 0 Å². The number of hydrogen-bond donors (Lipinski definition) is 0. The quantitative estimate of drug-likeness (QED) is 0.477. The second kappa shape index (κ2) is 6.83. The van der Waals surface area contributed by atoms with E-state index >= 15 is 0 Å². The lowest BCUT2D eigenvalue weighted by Crippen LogP contribution is -2.07. The van der Waals surface area contributed by atoms with E-state index in [1.165, 1.54) is 0 Å². The zero-order valence-electron chi connectivity index (χ0n) is 8.42. The number of carbonyl (C=O) groups is 1. The van der Waals surface area contributed by atoms with E-state index in [1.54, 1.807) is 0 Å². The van der Waals surface area contributed by atoms with Gasteiger partial charge in [0.1, 0.15) is 0 Å². The first-order valence-corrected chi connectivity index (χ1v) is 5.68. The number of carbonyl (C=O) groups excluding carboxylic acids is 1. The van der Waals surface area contributed by atoms with Crippen LogP contribution in [-0.2, 0) is 4.79 Å². The van der Waals surface area contributed by atoms with Crippen LogP contribution < -0.4 is 0 Å². The summed E-state index contributed by atoms with van der Waals surface area (Å²) in [4.78, 5) is 11.1. The Labute approximate surface area is 90.8 Å². The Kier molecular flexibility index (Phi) is 5.62. The molecule has 1 atom stereocenters. The summed E-state index contributed by atoms with van der Waals surface area (Å²) in [5, 5.41) is -0.183. The van der Waals surface area contributed by atoms with Gasteiger partial charge in [-0.1, -0.05) is 24.3 Å². The molecule has 0 saturated heterocycles. The SMILES string of the molecule is O=C(Cl)[C@H]1C/C=C/CC/C=C\CCC1. The van der Waals surface area contributed by atoms with Crippen molar-refractivity contribution >= 4 is 16.8 Å². The molecule has 1 nitrogen and oxygen atoms in total. The normalized spacial score (nSPS) is 28.8. The molecule has 0 aromatic carbocycles. The van der Waals surface area contributed by atoms with Crippen LogP contribution in [0.1, 0.15) is 38.5 Å². The van der Waals surface area contributed by atoms with Crippen LogP contribution >= 0.6 is 11.6 Å². The van der Waals surface area contributed by atoms with Gasteiger partial charge in [0.15, 0.2) is 0 Å². The van der Waals surface area contributed by atoms with Crippen molar-refractivity contribution in [3.63, 3.8) is 0 Å². The van der Waals surface area contributed by atoms with Crippen molar-refractivity contribution in [3.8, 4) is 0 Å². The molecule has 0 heterocycles. The van der Waals surface area contributed by atoms with Crippen molar-refractivity contribution in [2.75, 3.05) is 0 Å². The number of rotatable bonds is 1. The van der Waals surface area contributed by atoms with Gasteiger partial charge >= 0.3 is 0 Å². The molecule has 0 fully saturated rings. The Morgan fingerprint density at radius 2 is 1.71 bits per heavy atom. The van der Waals surface area contributed by atoms with Gasteiger partial charge in [0.25, 0.3) is 0 Å². The first kappa shape index (κ1) is 11.5. The lowest BCUT2D eigenvalue weighted by Gasteiger charge is -2.08. The first-order valence-electron chi connectivity index (χ1n) is 5.30. The van der Waals surface area contributed by atoms with Crippen LogP contribution in [0.4, 0.5) is 0 Å². The van der Waals surface area contributed by atoms with E-state index in [0.29, 0.717) is 0 Å². The number of halogens is 1. The summed E-state index contributed by atoms with van der Waals surface area (Å²) in [7, 11) is 0. The molecule has 1 rings (SSSR count). The van der Waals surface area contributed by atoms with Gasteiger partial charge in [-0.15, -0.1) is 0 Å². The molecule has 0 radical (unpaired) electrons. The standard InChI is InChI=1S/C12H17ClO/c13-12(14)11-9-7-5-3-1-2-4-6-8-10-11/h1,3,6,8,11H,2,4-5,7,9-10H2/b3-1-,8-6+/t11-/m1/s1. The summed E-state index contributed by atoms with van der Waals surface area (Å²) >= 11 is 5.53. The molecule has 1 aliphatic rings. The van der Waals surface area contributed by atoms with E-state index in [2.05, 4.69) is 24.3 Å². The van der Waals surface area contributed by atoms with Gasteiger partial charge in [-0.05, 0) is 50.1 Å². The average molecular weight is 213 g/mol. The molecule has 0 N–H and O–H groups in total. The van der Waals surface area contributed by atoms with Crippen LogP contribution in [0.5, 0.6) is 0 Å². The maximum Gasteiger partial charge on any atom is 0.225 e. The summed E-state index contributed by atoms with van der Waals surface area (Å²) in [6.07, 6.45) is 14.7. The zero-order chi connectivity index (χ0) is 10.2. The fourth-order valence-electron chi connectivity index (χ4n) is 1.61. The maximum atomic E-state index is 11.1. The van der Waals surface area contributed by atoms with Crippen molar-refractivity contribution in [1.82, 2.24) is 0 Å². The molecule has 2 heteroatoms. The van der Waals surface area contributed by atoms with Crippen LogP contribution in [0.15, 0.2) is 24.3 Å². The fraction of sp³-hybridized carbons (Fsp3) is 0.583. The summed E-state index contributed by atoms with van der Waals surface area (Å²) < 4.78 is 0. The Balaban J connectivity index is 2.48. The van der Waals surface area contributed by atoms with Crippen LogP contribution in [-0.4, -0.2) is 5.24 Å². The topological polar surface area (TPSA) is 17.1 Å². The number of hydrogen-bond acceptors (Lipinski definition) is 1. The monoisotopic (exact) mass is 212 g/mol. The van der Waals surface area contributed by atoms with E-state index in [-0.39, 0.29) is 11.2 Å². The second-order valence-electron chi connectivity index (χ2n) is 3.69. The third-order valence-corrected chi connectivity index (χ3v) is 2.81. The molecule has 14 heavy (non-hydrogen) atoms. The molecular weight excluding hydrogens is 196 g/mol. The summed E-state index contributed by atoms with van der Waals surface area (Å²) in [6, 6.07) is 0. The Hall–Kier alpha value is -0.560. The molecule has 0 bridgehead atoms. The lowest BCUT2D eigenvalue weighted by atomic mass is 9.99. The second-order valence-corrected chi connectivity index (χ2v) is 4.06. The highest BCUT2D eigenvalue weighted by atomic mass is 35.5. The zero-order valence-corrected chi connectivity index (χ0v) is 9.17. The minimum atomic E-state index is -0.183. The van der Waals surface area contributed by atoms with Crippen LogP contribution in [0.2, 0.25) is 0 Å². The largest absolute Gasteiger partial charge is 0.281 e. The minimum Gasteiger partial charge on any atom is -0.281 e. The molecule has 78 valence electrons. The van der Waals surface area contributed by atoms with Gasteiger partial charge < -0.3 is 0 Å². The maximum absolute atomic E-state index is 11.1. The third-order valence-electron chi connectivity index (χ3n) is 2.50. The first-order chi connectivity index (χ1) is 6.80. The highest BCUT2D eigenvalue weighted by Crippen LogP contribution is 2.18. The van der Waals surface area contributed by atoms with Gasteiger partial charge in [-0.3, -0.25) is 4.79 Å². The van der Waals surface area contributed by atoms with E-state index in [0.717, 1.165) is 38.5 Å². The molecular formula is C12H17ClO. The van der Waals surface area contributed by atoms with Crippen molar-refractivity contribution in [3.05, 3.63) is 24.3 Å². The molecule has 0 aromatic rings. The fourth-order valence-corrected chi connectivity index (χ4v) is 1.81. The van der Waals surface area contributed by atoms with Gasteiger partial charge in [0.2, 0.25) is 5.24 Å². The van der Waals surface area contributed by atoms with Crippen molar-refractivity contribution in [2.45, 2.75) is 38.5 Å². The van der Waals surface area contributed by atoms with Gasteiger partial charge in [0, 0.05) is 5.92 Å². The van der Waals surface area contributed by atoms with Crippen LogP contribution in [0.3, 0.4) is 0 Å². The lowest BCUT2D eigenvalue weighted by molar-refractivity contribution is -0.115. The molecule has 0 aromatic heterocycles. The highest BCUT2D eigenvalue weighted by molar-refractivity contribution is 6.63. The predicted octanol–water partition coefficient (Wildman–Crippen LogP) is 3.83. The minimum absolute atomic E-state index is 0.0272. The average Bonchev–Trinajstić information content (AvgIpc) is 2.21. The van der Waals surface area contributed by atoms with E-state index < -0.39 is 0 Å². The Bertz CT molecular complexity index is 230. The van der Waals surface area contributed by atoms with Crippen molar-refractivity contribution in [1.29, 1.82) is 0 Å². The summed E-state index contributed by atoms with van der Waals surface area (Å²) in [6.45, 7) is 0. The molecule has 1 aliphatic carbocycles. The van der Waals surface area contributed by atoms with E-state index in [4.69, 9.17) is 11.6 Å². The van der Waals surface area contributed by atoms with Crippen molar-refractivity contribution in [2.24, 2.45) is 5.92 Å². The van der Waals surface area contributed by atoms with E-state index in [1.807, 2.05) is 0 Å². The third kappa shape index (κ3) is 4.61. The van der Waals surface area contributed by atoms with Gasteiger partial charge in [-0.25, -0.2) is 0 Å². The molecule has 0 aliphatic heterocycles. The molecule has 0 spiro atoms. The smallest absolute Gasteiger partial charge is 0.225 e. The Morgan fingerprint density at radius 3 is 2.43 bits per heavy atom. The molecule has 0 saturated carbocycles. The highest BCUT2D eigenvalue weighted by Gasteiger charge is 2.13.